The molecule has 2 rings (SSSR count). The third-order valence-corrected chi connectivity index (χ3v) is 4.49. The van der Waals surface area contributed by atoms with Gasteiger partial charge in [-0.25, -0.2) is 4.98 Å². The van der Waals surface area contributed by atoms with Crippen molar-refractivity contribution in [3.05, 3.63) is 10.9 Å². The van der Waals surface area contributed by atoms with Crippen LogP contribution in [0, 0.1) is 0 Å². The highest BCUT2D eigenvalue weighted by Crippen LogP contribution is 2.32. The molecule has 2 heterocycles. The third kappa shape index (κ3) is 3.20. The van der Waals surface area contributed by atoms with Crippen molar-refractivity contribution in [2.45, 2.75) is 40.0 Å². The van der Waals surface area contributed by atoms with E-state index < -0.39 is 0 Å². The van der Waals surface area contributed by atoms with Crippen LogP contribution in [0.15, 0.2) is 6.07 Å². The molecular formula is C15H24N4S. The Morgan fingerprint density at radius 2 is 2.05 bits per heavy atom. The first-order valence-corrected chi connectivity index (χ1v) is 8.26. The van der Waals surface area contributed by atoms with Crippen LogP contribution in [-0.4, -0.2) is 30.1 Å². The van der Waals surface area contributed by atoms with Crippen LogP contribution in [0.4, 0.5) is 11.8 Å². The molecule has 0 fully saturated rings. The van der Waals surface area contributed by atoms with E-state index in [1.807, 2.05) is 0 Å². The summed E-state index contributed by atoms with van der Waals surface area (Å²) in [6.45, 7) is 8.35. The lowest BCUT2D eigenvalue weighted by Gasteiger charge is -2.19. The van der Waals surface area contributed by atoms with E-state index in [9.17, 15) is 0 Å². The molecule has 0 aliphatic heterocycles. The number of anilines is 2. The van der Waals surface area contributed by atoms with E-state index in [0.29, 0.717) is 0 Å². The Morgan fingerprint density at radius 1 is 1.25 bits per heavy atom. The molecule has 0 radical (unpaired) electrons. The maximum absolute atomic E-state index is 4.70. The molecule has 0 spiro atoms. The minimum atomic E-state index is 0.739. The van der Waals surface area contributed by atoms with Crippen LogP contribution in [0.25, 0.3) is 10.2 Å². The molecule has 0 aromatic carbocycles. The molecule has 1 N–H and O–H groups in total. The Hall–Kier alpha value is -1.36. The molecule has 0 aliphatic carbocycles. The Kier molecular flexibility index (Phi) is 5.17. The second kappa shape index (κ2) is 6.88. The zero-order valence-electron chi connectivity index (χ0n) is 12.9. The van der Waals surface area contributed by atoms with Gasteiger partial charge in [0.05, 0.1) is 5.39 Å². The van der Waals surface area contributed by atoms with E-state index in [1.165, 1.54) is 23.1 Å². The van der Waals surface area contributed by atoms with Crippen LogP contribution in [0.5, 0.6) is 0 Å². The van der Waals surface area contributed by atoms with Gasteiger partial charge in [0.15, 0.2) is 0 Å². The summed E-state index contributed by atoms with van der Waals surface area (Å²) in [5, 5.41) is 4.42. The lowest BCUT2D eigenvalue weighted by atomic mass is 10.2. The van der Waals surface area contributed by atoms with E-state index in [1.54, 1.807) is 11.3 Å². The summed E-state index contributed by atoms with van der Waals surface area (Å²) < 4.78 is 0. The van der Waals surface area contributed by atoms with E-state index in [2.05, 4.69) is 49.1 Å². The SMILES string of the molecule is CCCCN(C)c1nc(NCC)nc2sc(CC)cc12. The molecule has 2 aromatic heterocycles. The van der Waals surface area contributed by atoms with Crippen LogP contribution in [0.3, 0.4) is 0 Å². The topological polar surface area (TPSA) is 41.1 Å². The van der Waals surface area contributed by atoms with Crippen molar-refractivity contribution in [2.75, 3.05) is 30.4 Å². The fourth-order valence-corrected chi connectivity index (χ4v) is 3.12. The van der Waals surface area contributed by atoms with E-state index in [4.69, 9.17) is 4.98 Å². The minimum Gasteiger partial charge on any atom is -0.359 e. The number of nitrogens with one attached hydrogen (secondary N) is 1. The molecule has 110 valence electrons. The van der Waals surface area contributed by atoms with Gasteiger partial charge in [-0.1, -0.05) is 20.3 Å². The Balaban J connectivity index is 2.44. The summed E-state index contributed by atoms with van der Waals surface area (Å²) >= 11 is 1.77. The first kappa shape index (κ1) is 15.0. The molecule has 0 bridgehead atoms. The third-order valence-electron chi connectivity index (χ3n) is 3.32. The van der Waals surface area contributed by atoms with E-state index in [0.717, 1.165) is 36.1 Å². The molecule has 0 saturated heterocycles. The van der Waals surface area contributed by atoms with Crippen molar-refractivity contribution in [2.24, 2.45) is 0 Å². The Morgan fingerprint density at radius 3 is 2.70 bits per heavy atom. The highest BCUT2D eigenvalue weighted by molar-refractivity contribution is 7.18. The van der Waals surface area contributed by atoms with Crippen LogP contribution in [-0.2, 0) is 6.42 Å². The number of thiophene rings is 1. The predicted molar refractivity (Wildman–Crippen MR) is 89.1 cm³/mol. The maximum atomic E-state index is 4.70. The normalized spacial score (nSPS) is 11.0. The van der Waals surface area contributed by atoms with Gasteiger partial charge in [0.2, 0.25) is 5.95 Å². The molecule has 0 amide bonds. The number of unbranched alkanes of at least 4 members (excludes halogenated alkanes) is 1. The number of fused-ring (bicyclic) bond motifs is 1. The van der Waals surface area contributed by atoms with Crippen molar-refractivity contribution < 1.29 is 0 Å². The van der Waals surface area contributed by atoms with E-state index >= 15 is 0 Å². The number of hydrogen-bond donors (Lipinski definition) is 1. The molecule has 2 aromatic rings. The molecule has 0 aliphatic rings. The average molecular weight is 292 g/mol. The smallest absolute Gasteiger partial charge is 0.226 e. The predicted octanol–water partition coefficient (Wildman–Crippen LogP) is 3.92. The summed E-state index contributed by atoms with van der Waals surface area (Å²) in [7, 11) is 2.12. The zero-order chi connectivity index (χ0) is 14.5. The highest BCUT2D eigenvalue weighted by atomic mass is 32.1. The van der Waals surface area contributed by atoms with Gasteiger partial charge in [-0.15, -0.1) is 11.3 Å². The van der Waals surface area contributed by atoms with Gasteiger partial charge in [-0.3, -0.25) is 0 Å². The Labute approximate surface area is 125 Å². The molecular weight excluding hydrogens is 268 g/mol. The molecule has 0 atom stereocenters. The summed E-state index contributed by atoms with van der Waals surface area (Å²) in [6.07, 6.45) is 3.43. The second-order valence-corrected chi connectivity index (χ2v) is 6.08. The van der Waals surface area contributed by atoms with Crippen molar-refractivity contribution in [1.29, 1.82) is 0 Å². The van der Waals surface area contributed by atoms with Gasteiger partial charge < -0.3 is 10.2 Å². The average Bonchev–Trinajstić information content (AvgIpc) is 2.87. The van der Waals surface area contributed by atoms with Gasteiger partial charge in [-0.05, 0) is 25.8 Å². The van der Waals surface area contributed by atoms with Gasteiger partial charge in [-0.2, -0.15) is 4.98 Å². The largest absolute Gasteiger partial charge is 0.359 e. The standard InChI is InChI=1S/C15H24N4S/c1-5-8-9-19(4)13-12-10-11(6-2)20-14(12)18-15(17-13)16-7-3/h10H,5-9H2,1-4H3,(H,16,17,18). The number of aromatic nitrogens is 2. The Bertz CT molecular complexity index is 564. The summed E-state index contributed by atoms with van der Waals surface area (Å²) in [6, 6.07) is 2.24. The number of nitrogens with zero attached hydrogens (tertiary/aromatic N) is 3. The van der Waals surface area contributed by atoms with Crippen LogP contribution in [0.2, 0.25) is 0 Å². The maximum Gasteiger partial charge on any atom is 0.226 e. The van der Waals surface area contributed by atoms with Crippen LogP contribution in [0.1, 0.15) is 38.5 Å². The molecule has 5 heteroatoms. The first-order chi connectivity index (χ1) is 9.69. The highest BCUT2D eigenvalue weighted by Gasteiger charge is 2.14. The fraction of sp³-hybridized carbons (Fsp3) is 0.600. The molecule has 0 unspecified atom stereocenters. The minimum absolute atomic E-state index is 0.739. The van der Waals surface area contributed by atoms with Gasteiger partial charge in [0, 0.05) is 25.0 Å². The van der Waals surface area contributed by atoms with Gasteiger partial charge in [0.25, 0.3) is 0 Å². The zero-order valence-corrected chi connectivity index (χ0v) is 13.7. The van der Waals surface area contributed by atoms with Crippen LogP contribution < -0.4 is 10.2 Å². The molecule has 20 heavy (non-hydrogen) atoms. The van der Waals surface area contributed by atoms with Crippen molar-refractivity contribution in [3.63, 3.8) is 0 Å². The summed E-state index contributed by atoms with van der Waals surface area (Å²) in [4.78, 5) is 14.0. The lowest BCUT2D eigenvalue weighted by Crippen LogP contribution is -2.20. The lowest BCUT2D eigenvalue weighted by molar-refractivity contribution is 0.761. The van der Waals surface area contributed by atoms with Crippen molar-refractivity contribution in [3.8, 4) is 0 Å². The summed E-state index contributed by atoms with van der Waals surface area (Å²) in [5.41, 5.74) is 0. The monoisotopic (exact) mass is 292 g/mol. The number of rotatable bonds is 7. The van der Waals surface area contributed by atoms with Crippen molar-refractivity contribution in [1.82, 2.24) is 9.97 Å². The molecule has 4 nitrogen and oxygen atoms in total. The van der Waals surface area contributed by atoms with Crippen LogP contribution >= 0.6 is 11.3 Å². The van der Waals surface area contributed by atoms with Gasteiger partial charge in [0.1, 0.15) is 10.6 Å². The second-order valence-electron chi connectivity index (χ2n) is 4.96. The van der Waals surface area contributed by atoms with E-state index in [-0.39, 0.29) is 0 Å². The number of aryl methyl sites for hydroxylation is 1. The van der Waals surface area contributed by atoms with Crippen molar-refractivity contribution >= 4 is 33.3 Å². The summed E-state index contributed by atoms with van der Waals surface area (Å²) in [5.74, 6) is 1.79. The fourth-order valence-electron chi connectivity index (χ4n) is 2.16. The quantitative estimate of drug-likeness (QED) is 0.839. The molecule has 0 saturated carbocycles. The first-order valence-electron chi connectivity index (χ1n) is 7.45. The van der Waals surface area contributed by atoms with Gasteiger partial charge >= 0.3 is 0 Å². The number of hydrogen-bond acceptors (Lipinski definition) is 5.